The van der Waals surface area contributed by atoms with E-state index in [0.717, 1.165) is 18.6 Å². The summed E-state index contributed by atoms with van der Waals surface area (Å²) >= 11 is 1.62. The molecule has 4 nitrogen and oxygen atoms in total. The zero-order valence-electron chi connectivity index (χ0n) is 9.06. The average Bonchev–Trinajstić information content (AvgIpc) is 2.54. The molecule has 88 valence electrons. The van der Waals surface area contributed by atoms with Gasteiger partial charge in [0.1, 0.15) is 0 Å². The van der Waals surface area contributed by atoms with Crippen molar-refractivity contribution in [3.63, 3.8) is 0 Å². The second-order valence-corrected chi connectivity index (χ2v) is 4.94. The minimum absolute atomic E-state index is 0.0201. The third-order valence-corrected chi connectivity index (χ3v) is 3.51. The quantitative estimate of drug-likeness (QED) is 0.660. The van der Waals surface area contributed by atoms with Crippen LogP contribution in [-0.4, -0.2) is 57.8 Å². The van der Waals surface area contributed by atoms with E-state index in [4.69, 9.17) is 0 Å². The molecular formula is C10H19NO3S. The molecule has 1 heterocycles. The second kappa shape index (κ2) is 6.35. The van der Waals surface area contributed by atoms with Crippen molar-refractivity contribution < 1.29 is 15.0 Å². The summed E-state index contributed by atoms with van der Waals surface area (Å²) in [5, 5.41) is 18.6. The van der Waals surface area contributed by atoms with E-state index in [1.54, 1.807) is 11.8 Å². The maximum Gasteiger partial charge on any atom is 0.232 e. The highest BCUT2D eigenvalue weighted by Crippen LogP contribution is 2.13. The number of hydrogen-bond donors (Lipinski definition) is 2. The van der Waals surface area contributed by atoms with Gasteiger partial charge in [0.05, 0.1) is 18.0 Å². The predicted molar refractivity (Wildman–Crippen MR) is 60.8 cm³/mol. The Morgan fingerprint density at radius 3 is 2.53 bits per heavy atom. The molecule has 1 saturated heterocycles. The Morgan fingerprint density at radius 1 is 1.40 bits per heavy atom. The molecule has 0 unspecified atom stereocenters. The number of β-amino-alcohol motifs (C(OH)–C–C–N with tert-alkyl or cyclic N) is 2. The van der Waals surface area contributed by atoms with Crippen LogP contribution in [-0.2, 0) is 4.79 Å². The second-order valence-electron chi connectivity index (χ2n) is 3.84. The number of rotatable bonds is 5. The maximum absolute atomic E-state index is 11.6. The number of aliphatic hydroxyl groups excluding tert-OH is 2. The van der Waals surface area contributed by atoms with E-state index in [1.807, 2.05) is 0 Å². The molecule has 15 heavy (non-hydrogen) atoms. The van der Waals surface area contributed by atoms with Crippen LogP contribution in [0.5, 0.6) is 0 Å². The standard InChI is InChI=1S/C10H19NO3S/c1-2-3-4-15-7-10(14)11-5-8(12)9(13)6-11/h8-9,12-13H,2-7H2,1H3/t8-,9+. The molecular weight excluding hydrogens is 214 g/mol. The summed E-state index contributed by atoms with van der Waals surface area (Å²) in [6, 6.07) is 0. The van der Waals surface area contributed by atoms with Crippen LogP contribution in [0.2, 0.25) is 0 Å². The summed E-state index contributed by atoms with van der Waals surface area (Å²) < 4.78 is 0. The minimum Gasteiger partial charge on any atom is -0.388 e. The summed E-state index contributed by atoms with van der Waals surface area (Å²) in [5.41, 5.74) is 0. The molecule has 0 spiro atoms. The van der Waals surface area contributed by atoms with Gasteiger partial charge in [-0.3, -0.25) is 4.79 Å². The van der Waals surface area contributed by atoms with Gasteiger partial charge < -0.3 is 15.1 Å². The van der Waals surface area contributed by atoms with Crippen molar-refractivity contribution in [1.29, 1.82) is 0 Å². The first-order chi connectivity index (χ1) is 7.15. The van der Waals surface area contributed by atoms with E-state index in [-0.39, 0.29) is 19.0 Å². The van der Waals surface area contributed by atoms with Crippen LogP contribution >= 0.6 is 11.8 Å². The van der Waals surface area contributed by atoms with E-state index in [9.17, 15) is 15.0 Å². The molecule has 1 aliphatic rings. The Bertz CT molecular complexity index is 203. The lowest BCUT2D eigenvalue weighted by atomic mass is 10.3. The van der Waals surface area contributed by atoms with Crippen molar-refractivity contribution in [2.45, 2.75) is 32.0 Å². The molecule has 0 bridgehead atoms. The zero-order chi connectivity index (χ0) is 11.3. The van der Waals surface area contributed by atoms with Gasteiger partial charge in [0.25, 0.3) is 0 Å². The van der Waals surface area contributed by atoms with Crippen LogP contribution in [0.15, 0.2) is 0 Å². The van der Waals surface area contributed by atoms with E-state index in [1.165, 1.54) is 4.90 Å². The number of hydrogen-bond acceptors (Lipinski definition) is 4. The smallest absolute Gasteiger partial charge is 0.232 e. The monoisotopic (exact) mass is 233 g/mol. The molecule has 2 atom stereocenters. The van der Waals surface area contributed by atoms with Gasteiger partial charge in [0.2, 0.25) is 5.91 Å². The van der Waals surface area contributed by atoms with E-state index in [2.05, 4.69) is 6.92 Å². The highest BCUT2D eigenvalue weighted by molar-refractivity contribution is 7.99. The molecule has 0 aromatic carbocycles. The Labute approximate surface area is 94.7 Å². The van der Waals surface area contributed by atoms with Crippen molar-refractivity contribution in [2.75, 3.05) is 24.6 Å². The number of carbonyl (C=O) groups is 1. The van der Waals surface area contributed by atoms with Gasteiger partial charge in [-0.25, -0.2) is 0 Å². The SMILES string of the molecule is CCCCSCC(=O)N1C[C@@H](O)[C@@H](O)C1. The van der Waals surface area contributed by atoms with Crippen LogP contribution in [0.3, 0.4) is 0 Å². The minimum atomic E-state index is -0.769. The van der Waals surface area contributed by atoms with Crippen LogP contribution in [0, 0.1) is 0 Å². The maximum atomic E-state index is 11.6. The molecule has 0 aliphatic carbocycles. The number of carbonyl (C=O) groups excluding carboxylic acids is 1. The van der Waals surface area contributed by atoms with Gasteiger partial charge >= 0.3 is 0 Å². The van der Waals surface area contributed by atoms with E-state index >= 15 is 0 Å². The third kappa shape index (κ3) is 4.01. The third-order valence-electron chi connectivity index (χ3n) is 2.48. The van der Waals surface area contributed by atoms with Gasteiger partial charge in [-0.15, -0.1) is 0 Å². The molecule has 1 rings (SSSR count). The number of thioether (sulfide) groups is 1. The fraction of sp³-hybridized carbons (Fsp3) is 0.900. The molecule has 2 N–H and O–H groups in total. The topological polar surface area (TPSA) is 60.8 Å². The van der Waals surface area contributed by atoms with E-state index in [0.29, 0.717) is 5.75 Å². The molecule has 1 fully saturated rings. The lowest BCUT2D eigenvalue weighted by Gasteiger charge is -2.14. The Hall–Kier alpha value is -0.260. The summed E-state index contributed by atoms with van der Waals surface area (Å²) in [4.78, 5) is 13.1. The zero-order valence-corrected chi connectivity index (χ0v) is 9.87. The highest BCUT2D eigenvalue weighted by Gasteiger charge is 2.31. The fourth-order valence-electron chi connectivity index (χ4n) is 1.47. The number of aliphatic hydroxyl groups is 2. The number of likely N-dealkylation sites (tertiary alicyclic amines) is 1. The summed E-state index contributed by atoms with van der Waals surface area (Å²) in [6.45, 7) is 2.66. The molecule has 5 heteroatoms. The predicted octanol–water partition coefficient (Wildman–Crippen LogP) is 0.0837. The molecule has 0 saturated carbocycles. The van der Waals surface area contributed by atoms with Crippen molar-refractivity contribution >= 4 is 17.7 Å². The number of amides is 1. The Balaban J connectivity index is 2.18. The van der Waals surface area contributed by atoms with E-state index < -0.39 is 12.2 Å². The van der Waals surface area contributed by atoms with Crippen LogP contribution < -0.4 is 0 Å². The summed E-state index contributed by atoms with van der Waals surface area (Å²) in [6.07, 6.45) is 0.732. The van der Waals surface area contributed by atoms with Crippen LogP contribution in [0.25, 0.3) is 0 Å². The van der Waals surface area contributed by atoms with Gasteiger partial charge in [0, 0.05) is 13.1 Å². The van der Waals surface area contributed by atoms with Crippen molar-refractivity contribution in [2.24, 2.45) is 0 Å². The van der Waals surface area contributed by atoms with Gasteiger partial charge in [-0.2, -0.15) is 11.8 Å². The fourth-order valence-corrected chi connectivity index (χ4v) is 2.46. The van der Waals surface area contributed by atoms with Gasteiger partial charge in [-0.05, 0) is 12.2 Å². The number of unbranched alkanes of at least 4 members (excludes halogenated alkanes) is 1. The molecule has 1 amide bonds. The molecule has 0 radical (unpaired) electrons. The molecule has 1 aliphatic heterocycles. The Morgan fingerprint density at radius 2 is 2.00 bits per heavy atom. The largest absolute Gasteiger partial charge is 0.388 e. The first-order valence-corrected chi connectivity index (χ1v) is 6.52. The number of nitrogens with zero attached hydrogens (tertiary/aromatic N) is 1. The van der Waals surface area contributed by atoms with Gasteiger partial charge in [0.15, 0.2) is 0 Å². The first-order valence-electron chi connectivity index (χ1n) is 5.36. The van der Waals surface area contributed by atoms with Crippen LogP contribution in [0.4, 0.5) is 0 Å². The molecule has 0 aromatic rings. The normalized spacial score (nSPS) is 25.9. The molecule has 0 aromatic heterocycles. The lowest BCUT2D eigenvalue weighted by Crippen LogP contribution is -2.31. The van der Waals surface area contributed by atoms with Crippen molar-refractivity contribution in [3.8, 4) is 0 Å². The first kappa shape index (κ1) is 12.8. The van der Waals surface area contributed by atoms with Crippen LogP contribution in [0.1, 0.15) is 19.8 Å². The van der Waals surface area contributed by atoms with Gasteiger partial charge in [-0.1, -0.05) is 13.3 Å². The van der Waals surface area contributed by atoms with Crippen molar-refractivity contribution in [3.05, 3.63) is 0 Å². The highest BCUT2D eigenvalue weighted by atomic mass is 32.2. The average molecular weight is 233 g/mol. The summed E-state index contributed by atoms with van der Waals surface area (Å²) in [5.74, 6) is 1.48. The van der Waals surface area contributed by atoms with Crippen molar-refractivity contribution in [1.82, 2.24) is 4.90 Å². The Kier molecular flexibility index (Phi) is 5.42. The summed E-state index contributed by atoms with van der Waals surface area (Å²) in [7, 11) is 0. The lowest BCUT2D eigenvalue weighted by molar-refractivity contribution is -0.127.